The smallest absolute Gasteiger partial charge is 0.220 e. The summed E-state index contributed by atoms with van der Waals surface area (Å²) in [6.45, 7) is 5.90. The molecule has 0 aliphatic rings. The molecule has 2 aromatic rings. The van der Waals surface area contributed by atoms with Crippen molar-refractivity contribution < 1.29 is 4.79 Å². The predicted molar refractivity (Wildman–Crippen MR) is 76.1 cm³/mol. The number of amides is 1. The summed E-state index contributed by atoms with van der Waals surface area (Å²) in [5, 5.41) is 16.8. The molecule has 0 unspecified atom stereocenters. The van der Waals surface area contributed by atoms with Gasteiger partial charge in [0.25, 0.3) is 0 Å². The highest BCUT2D eigenvalue weighted by atomic mass is 16.1. The predicted octanol–water partition coefficient (Wildman–Crippen LogP) is 1.95. The first kappa shape index (κ1) is 14.3. The number of carbonyl (C=O) groups is 1. The summed E-state index contributed by atoms with van der Waals surface area (Å²) in [6.07, 6.45) is 5.85. The molecule has 2 heterocycles. The second-order valence-corrected chi connectivity index (χ2v) is 5.10. The number of rotatable bonds is 6. The van der Waals surface area contributed by atoms with Crippen LogP contribution in [0.15, 0.2) is 12.4 Å². The lowest BCUT2D eigenvalue weighted by Crippen LogP contribution is -2.27. The maximum Gasteiger partial charge on any atom is 0.220 e. The summed E-state index contributed by atoms with van der Waals surface area (Å²) in [5.74, 6) is 0.0704. The first-order chi connectivity index (χ1) is 9.58. The maximum atomic E-state index is 11.9. The van der Waals surface area contributed by atoms with Gasteiger partial charge >= 0.3 is 0 Å². The highest BCUT2D eigenvalue weighted by molar-refractivity contribution is 5.76. The van der Waals surface area contributed by atoms with Crippen LogP contribution in [0, 0.1) is 13.8 Å². The molecule has 0 bridgehead atoms. The summed E-state index contributed by atoms with van der Waals surface area (Å²) >= 11 is 0. The van der Waals surface area contributed by atoms with E-state index in [2.05, 4.69) is 25.7 Å². The number of H-pyrrole nitrogens is 2. The average Bonchev–Trinajstić information content (AvgIpc) is 2.99. The molecule has 1 atom stereocenters. The molecule has 0 aliphatic carbocycles. The van der Waals surface area contributed by atoms with Gasteiger partial charge in [-0.3, -0.25) is 15.0 Å². The SMILES string of the molecule is Cc1n[nH]c(C)c1[C@@H](C)NC(=O)CCCc1cn[nH]c1. The zero-order valence-corrected chi connectivity index (χ0v) is 12.2. The molecule has 0 saturated heterocycles. The van der Waals surface area contributed by atoms with Crippen LogP contribution in [0.25, 0.3) is 0 Å². The Morgan fingerprint density at radius 3 is 2.85 bits per heavy atom. The highest BCUT2D eigenvalue weighted by Gasteiger charge is 2.16. The van der Waals surface area contributed by atoms with Crippen molar-refractivity contribution in [2.45, 2.75) is 46.1 Å². The number of hydrogen-bond donors (Lipinski definition) is 3. The number of nitrogens with zero attached hydrogens (tertiary/aromatic N) is 2. The van der Waals surface area contributed by atoms with E-state index in [9.17, 15) is 4.79 Å². The molecule has 1 amide bonds. The number of aryl methyl sites for hydroxylation is 3. The first-order valence-corrected chi connectivity index (χ1v) is 6.86. The molecule has 3 N–H and O–H groups in total. The van der Waals surface area contributed by atoms with Gasteiger partial charge in [0.2, 0.25) is 5.91 Å². The van der Waals surface area contributed by atoms with Crippen molar-refractivity contribution in [2.75, 3.05) is 0 Å². The number of nitrogens with one attached hydrogen (secondary N) is 3. The Kier molecular flexibility index (Phi) is 4.55. The molecule has 6 nitrogen and oxygen atoms in total. The quantitative estimate of drug-likeness (QED) is 0.753. The molecular formula is C14H21N5O. The summed E-state index contributed by atoms with van der Waals surface area (Å²) in [4.78, 5) is 11.9. The lowest BCUT2D eigenvalue weighted by Gasteiger charge is -2.14. The molecule has 108 valence electrons. The standard InChI is InChI=1S/C14H21N5O/c1-9(14-10(2)18-19-11(14)3)17-13(20)6-4-5-12-7-15-16-8-12/h7-9H,4-6H2,1-3H3,(H,15,16)(H,17,20)(H,18,19)/t9-/m1/s1. The maximum absolute atomic E-state index is 11.9. The summed E-state index contributed by atoms with van der Waals surface area (Å²) in [5.41, 5.74) is 4.16. The minimum atomic E-state index is -0.0184. The van der Waals surface area contributed by atoms with Crippen LogP contribution in [0.1, 0.15) is 48.3 Å². The van der Waals surface area contributed by atoms with E-state index in [1.165, 1.54) is 0 Å². The van der Waals surface area contributed by atoms with Crippen LogP contribution in [-0.4, -0.2) is 26.3 Å². The van der Waals surface area contributed by atoms with Crippen molar-refractivity contribution in [3.05, 3.63) is 34.9 Å². The molecule has 0 radical (unpaired) electrons. The Morgan fingerprint density at radius 2 is 2.25 bits per heavy atom. The molecule has 2 rings (SSSR count). The van der Waals surface area contributed by atoms with Crippen LogP contribution in [-0.2, 0) is 11.2 Å². The minimum absolute atomic E-state index is 0.0184. The van der Waals surface area contributed by atoms with Crippen molar-refractivity contribution in [3.8, 4) is 0 Å². The topological polar surface area (TPSA) is 86.5 Å². The Morgan fingerprint density at radius 1 is 1.45 bits per heavy atom. The van der Waals surface area contributed by atoms with Crippen LogP contribution in [0.4, 0.5) is 0 Å². The van der Waals surface area contributed by atoms with Gasteiger partial charge in [-0.25, -0.2) is 0 Å². The van der Waals surface area contributed by atoms with Crippen LogP contribution in [0.3, 0.4) is 0 Å². The van der Waals surface area contributed by atoms with Gasteiger partial charge in [0.05, 0.1) is 17.9 Å². The highest BCUT2D eigenvalue weighted by Crippen LogP contribution is 2.19. The van der Waals surface area contributed by atoms with Crippen molar-refractivity contribution in [1.82, 2.24) is 25.7 Å². The van der Waals surface area contributed by atoms with Gasteiger partial charge in [0.15, 0.2) is 0 Å². The van der Waals surface area contributed by atoms with E-state index in [4.69, 9.17) is 0 Å². The minimum Gasteiger partial charge on any atom is -0.349 e. The van der Waals surface area contributed by atoms with Gasteiger partial charge in [-0.05, 0) is 39.2 Å². The Bertz CT molecular complexity index is 539. The molecule has 20 heavy (non-hydrogen) atoms. The van der Waals surface area contributed by atoms with Crippen molar-refractivity contribution in [2.24, 2.45) is 0 Å². The van der Waals surface area contributed by atoms with Crippen LogP contribution < -0.4 is 5.32 Å². The average molecular weight is 275 g/mol. The van der Waals surface area contributed by atoms with E-state index in [1.54, 1.807) is 6.20 Å². The van der Waals surface area contributed by atoms with Gasteiger partial charge < -0.3 is 5.32 Å². The second-order valence-electron chi connectivity index (χ2n) is 5.10. The number of aromatic nitrogens is 4. The molecular weight excluding hydrogens is 254 g/mol. The summed E-state index contributed by atoms with van der Waals surface area (Å²) in [6, 6.07) is -0.0184. The molecule has 0 saturated carbocycles. The molecule has 0 spiro atoms. The van der Waals surface area contributed by atoms with E-state index in [0.717, 1.165) is 35.4 Å². The van der Waals surface area contributed by atoms with Crippen LogP contribution in [0.2, 0.25) is 0 Å². The van der Waals surface area contributed by atoms with Crippen molar-refractivity contribution >= 4 is 5.91 Å². The monoisotopic (exact) mass is 275 g/mol. The zero-order chi connectivity index (χ0) is 14.5. The van der Waals surface area contributed by atoms with Gasteiger partial charge in [0.1, 0.15) is 0 Å². The molecule has 0 aliphatic heterocycles. The van der Waals surface area contributed by atoms with E-state index >= 15 is 0 Å². The van der Waals surface area contributed by atoms with Crippen molar-refractivity contribution in [1.29, 1.82) is 0 Å². The number of carbonyl (C=O) groups excluding carboxylic acids is 1. The van der Waals surface area contributed by atoms with E-state index in [0.29, 0.717) is 6.42 Å². The molecule has 0 aromatic carbocycles. The third-order valence-electron chi connectivity index (χ3n) is 3.42. The molecule has 2 aromatic heterocycles. The summed E-state index contributed by atoms with van der Waals surface area (Å²) in [7, 11) is 0. The second kappa shape index (κ2) is 6.36. The van der Waals surface area contributed by atoms with Gasteiger partial charge in [-0.1, -0.05) is 0 Å². The van der Waals surface area contributed by atoms with Crippen molar-refractivity contribution in [3.63, 3.8) is 0 Å². The van der Waals surface area contributed by atoms with Crippen LogP contribution in [0.5, 0.6) is 0 Å². The molecule has 0 fully saturated rings. The number of aromatic amines is 2. The van der Waals surface area contributed by atoms with Gasteiger partial charge in [0, 0.05) is 23.9 Å². The van der Waals surface area contributed by atoms with E-state index in [1.807, 2.05) is 27.0 Å². The van der Waals surface area contributed by atoms with Gasteiger partial charge in [-0.2, -0.15) is 10.2 Å². The van der Waals surface area contributed by atoms with Crippen LogP contribution >= 0.6 is 0 Å². The van der Waals surface area contributed by atoms with Gasteiger partial charge in [-0.15, -0.1) is 0 Å². The fourth-order valence-electron chi connectivity index (χ4n) is 2.45. The Labute approximate surface area is 118 Å². The zero-order valence-electron chi connectivity index (χ0n) is 12.2. The Hall–Kier alpha value is -2.11. The fourth-order valence-corrected chi connectivity index (χ4v) is 2.45. The van der Waals surface area contributed by atoms with E-state index < -0.39 is 0 Å². The number of hydrogen-bond acceptors (Lipinski definition) is 3. The fraction of sp³-hybridized carbons (Fsp3) is 0.500. The van der Waals surface area contributed by atoms with E-state index in [-0.39, 0.29) is 11.9 Å². The lowest BCUT2D eigenvalue weighted by atomic mass is 10.1. The lowest BCUT2D eigenvalue weighted by molar-refractivity contribution is -0.121. The first-order valence-electron chi connectivity index (χ1n) is 6.86. The molecule has 6 heteroatoms. The third kappa shape index (κ3) is 3.46. The normalized spacial score (nSPS) is 12.3. The summed E-state index contributed by atoms with van der Waals surface area (Å²) < 4.78 is 0. The largest absolute Gasteiger partial charge is 0.349 e. The third-order valence-corrected chi connectivity index (χ3v) is 3.42. The Balaban J connectivity index is 1.79.